The van der Waals surface area contributed by atoms with Gasteiger partial charge in [-0.05, 0) is 64.7 Å². The first kappa shape index (κ1) is 25.9. The summed E-state index contributed by atoms with van der Waals surface area (Å²) >= 11 is 1.82. The molecule has 0 aliphatic carbocycles. The minimum absolute atomic E-state index is 0.174. The fourth-order valence-electron chi connectivity index (χ4n) is 6.43. The first-order valence-corrected chi connectivity index (χ1v) is 15.3. The standard InChI is InChI=1S/C38H28FN3S/c1-38(2)29-16-4-6-19-33(29)43-36-30(38)23-41-37-34(36)28-15-3-5-18-32(28)42(37)27-14-10-13-26(22-27)35(39)25-12-9-11-24(21-25)31-17-7-8-20-40-31/h3-23,35H,1-2H3. The number of hydrogen-bond donors (Lipinski definition) is 0. The van der Waals surface area contributed by atoms with Gasteiger partial charge >= 0.3 is 0 Å². The molecule has 0 amide bonds. The summed E-state index contributed by atoms with van der Waals surface area (Å²) in [6.45, 7) is 4.57. The number of pyridine rings is 2. The van der Waals surface area contributed by atoms with Gasteiger partial charge in [0.2, 0.25) is 0 Å². The molecule has 4 heterocycles. The van der Waals surface area contributed by atoms with Crippen molar-refractivity contribution in [1.29, 1.82) is 0 Å². The summed E-state index contributed by atoms with van der Waals surface area (Å²) in [5.74, 6) is 0. The Morgan fingerprint density at radius 2 is 1.51 bits per heavy atom. The normalized spacial score (nSPS) is 14.4. The van der Waals surface area contributed by atoms with Crippen molar-refractivity contribution in [3.05, 3.63) is 150 Å². The quantitative estimate of drug-likeness (QED) is 0.209. The van der Waals surface area contributed by atoms with Crippen LogP contribution in [-0.4, -0.2) is 14.5 Å². The Labute approximate surface area is 254 Å². The fraction of sp³-hybridized carbons (Fsp3) is 0.105. The Morgan fingerprint density at radius 3 is 2.37 bits per heavy atom. The smallest absolute Gasteiger partial charge is 0.150 e. The van der Waals surface area contributed by atoms with Gasteiger partial charge in [0.15, 0.2) is 6.17 Å². The van der Waals surface area contributed by atoms with Crippen LogP contribution in [0.5, 0.6) is 0 Å². The van der Waals surface area contributed by atoms with Gasteiger partial charge in [0, 0.05) is 49.6 Å². The third-order valence-electron chi connectivity index (χ3n) is 8.64. The molecular weight excluding hydrogens is 550 g/mol. The van der Waals surface area contributed by atoms with Gasteiger partial charge in [0.05, 0.1) is 11.2 Å². The number of benzene rings is 4. The third kappa shape index (κ3) is 4.10. The zero-order valence-electron chi connectivity index (χ0n) is 23.8. The van der Waals surface area contributed by atoms with E-state index in [0.717, 1.165) is 38.9 Å². The molecule has 3 nitrogen and oxygen atoms in total. The van der Waals surface area contributed by atoms with Gasteiger partial charge in [-0.1, -0.05) is 98.4 Å². The maximum Gasteiger partial charge on any atom is 0.150 e. The van der Waals surface area contributed by atoms with E-state index in [1.807, 2.05) is 84.7 Å². The van der Waals surface area contributed by atoms with E-state index in [2.05, 4.69) is 71.9 Å². The maximum absolute atomic E-state index is 16.2. The van der Waals surface area contributed by atoms with Gasteiger partial charge < -0.3 is 0 Å². The summed E-state index contributed by atoms with van der Waals surface area (Å²) in [5.41, 5.74) is 8.14. The largest absolute Gasteiger partial charge is 0.294 e. The number of para-hydroxylation sites is 1. The molecule has 0 saturated carbocycles. The molecule has 1 aliphatic heterocycles. The summed E-state index contributed by atoms with van der Waals surface area (Å²) in [7, 11) is 0. The average Bonchev–Trinajstić information content (AvgIpc) is 3.40. The topological polar surface area (TPSA) is 30.7 Å². The molecular formula is C38H28FN3S. The lowest BCUT2D eigenvalue weighted by Gasteiger charge is -2.34. The Bertz CT molecular complexity index is 2170. The molecule has 4 aromatic carbocycles. The van der Waals surface area contributed by atoms with Crippen molar-refractivity contribution in [2.75, 3.05) is 0 Å². The van der Waals surface area contributed by atoms with E-state index in [-0.39, 0.29) is 5.41 Å². The lowest BCUT2D eigenvalue weighted by molar-refractivity contribution is 0.402. The van der Waals surface area contributed by atoms with Crippen molar-refractivity contribution in [1.82, 2.24) is 14.5 Å². The highest BCUT2D eigenvalue weighted by Gasteiger charge is 2.35. The second kappa shape index (κ2) is 9.92. The molecule has 5 heteroatoms. The van der Waals surface area contributed by atoms with Gasteiger partial charge in [-0.2, -0.15) is 0 Å². The van der Waals surface area contributed by atoms with E-state index in [4.69, 9.17) is 4.98 Å². The van der Waals surface area contributed by atoms with Crippen molar-refractivity contribution in [3.63, 3.8) is 0 Å². The molecule has 0 bridgehead atoms. The van der Waals surface area contributed by atoms with Crippen LogP contribution in [0.4, 0.5) is 4.39 Å². The van der Waals surface area contributed by atoms with Crippen LogP contribution >= 0.6 is 11.8 Å². The summed E-state index contributed by atoms with van der Waals surface area (Å²) in [4.78, 5) is 12.1. The van der Waals surface area contributed by atoms with Gasteiger partial charge in [0.25, 0.3) is 0 Å². The molecule has 7 aromatic rings. The van der Waals surface area contributed by atoms with Crippen LogP contribution < -0.4 is 0 Å². The summed E-state index contributed by atoms with van der Waals surface area (Å²) in [5, 5.41) is 2.29. The van der Waals surface area contributed by atoms with Gasteiger partial charge in [-0.3, -0.25) is 9.55 Å². The molecule has 0 radical (unpaired) electrons. The lowest BCUT2D eigenvalue weighted by atomic mass is 9.78. The predicted octanol–water partition coefficient (Wildman–Crippen LogP) is 10.1. The molecule has 1 atom stereocenters. The molecule has 0 N–H and O–H groups in total. The van der Waals surface area contributed by atoms with E-state index in [1.165, 1.54) is 20.9 Å². The molecule has 0 fully saturated rings. The molecule has 208 valence electrons. The van der Waals surface area contributed by atoms with E-state index < -0.39 is 6.17 Å². The second-order valence-corrected chi connectivity index (χ2v) is 12.6. The first-order chi connectivity index (χ1) is 21.0. The summed E-state index contributed by atoms with van der Waals surface area (Å²) in [6, 6.07) is 38.3. The summed E-state index contributed by atoms with van der Waals surface area (Å²) < 4.78 is 18.4. The molecule has 1 unspecified atom stereocenters. The van der Waals surface area contributed by atoms with Crippen LogP contribution in [0.2, 0.25) is 0 Å². The number of rotatable bonds is 4. The second-order valence-electron chi connectivity index (χ2n) is 11.6. The zero-order valence-corrected chi connectivity index (χ0v) is 24.6. The highest BCUT2D eigenvalue weighted by molar-refractivity contribution is 7.99. The number of alkyl halides is 1. The number of fused-ring (bicyclic) bond motifs is 6. The molecule has 1 aliphatic rings. The van der Waals surface area contributed by atoms with Gasteiger partial charge in [-0.25, -0.2) is 9.37 Å². The Hall–Kier alpha value is -4.74. The molecule has 0 spiro atoms. The highest BCUT2D eigenvalue weighted by atomic mass is 32.2. The SMILES string of the molecule is CC1(C)c2ccccc2Sc2c1cnc1c2c2ccccc2n1-c1cccc(C(F)c2cccc(-c3ccccn3)c2)c1. The van der Waals surface area contributed by atoms with Crippen LogP contribution in [0.25, 0.3) is 38.9 Å². The summed E-state index contributed by atoms with van der Waals surface area (Å²) in [6.07, 6.45) is 2.51. The van der Waals surface area contributed by atoms with Gasteiger partial charge in [0.1, 0.15) is 5.65 Å². The minimum Gasteiger partial charge on any atom is -0.294 e. The number of hydrogen-bond acceptors (Lipinski definition) is 3. The molecule has 43 heavy (non-hydrogen) atoms. The Kier molecular flexibility index (Phi) is 5.98. The van der Waals surface area contributed by atoms with Crippen LogP contribution in [0.15, 0.2) is 137 Å². The third-order valence-corrected chi connectivity index (χ3v) is 9.85. The number of aromatic nitrogens is 3. The minimum atomic E-state index is -1.29. The van der Waals surface area contributed by atoms with Crippen molar-refractivity contribution in [2.24, 2.45) is 0 Å². The van der Waals surface area contributed by atoms with Crippen molar-refractivity contribution in [2.45, 2.75) is 35.2 Å². The molecule has 3 aromatic heterocycles. The van der Waals surface area contributed by atoms with Crippen LogP contribution in [0.3, 0.4) is 0 Å². The van der Waals surface area contributed by atoms with Crippen molar-refractivity contribution < 1.29 is 4.39 Å². The Morgan fingerprint density at radius 1 is 0.744 bits per heavy atom. The lowest BCUT2D eigenvalue weighted by Crippen LogP contribution is -2.24. The zero-order chi connectivity index (χ0) is 29.1. The van der Waals surface area contributed by atoms with Crippen LogP contribution in [-0.2, 0) is 5.41 Å². The van der Waals surface area contributed by atoms with Gasteiger partial charge in [-0.15, -0.1) is 0 Å². The van der Waals surface area contributed by atoms with Crippen LogP contribution in [0, 0.1) is 0 Å². The maximum atomic E-state index is 16.2. The van der Waals surface area contributed by atoms with E-state index in [9.17, 15) is 0 Å². The Balaban J connectivity index is 1.28. The van der Waals surface area contributed by atoms with E-state index >= 15 is 4.39 Å². The van der Waals surface area contributed by atoms with Crippen molar-refractivity contribution >= 4 is 33.7 Å². The van der Waals surface area contributed by atoms with E-state index in [0.29, 0.717) is 11.1 Å². The number of halogens is 1. The van der Waals surface area contributed by atoms with Crippen molar-refractivity contribution in [3.8, 4) is 16.9 Å². The fourth-order valence-corrected chi connectivity index (χ4v) is 7.96. The average molecular weight is 578 g/mol. The molecule has 8 rings (SSSR count). The monoisotopic (exact) mass is 577 g/mol. The predicted molar refractivity (Wildman–Crippen MR) is 174 cm³/mol. The first-order valence-electron chi connectivity index (χ1n) is 14.5. The molecule has 0 saturated heterocycles. The van der Waals surface area contributed by atoms with Crippen LogP contribution in [0.1, 0.15) is 42.3 Å². The number of nitrogens with zero attached hydrogens (tertiary/aromatic N) is 3. The highest BCUT2D eigenvalue weighted by Crippen LogP contribution is 2.52. The van der Waals surface area contributed by atoms with E-state index in [1.54, 1.807) is 6.20 Å².